The van der Waals surface area contributed by atoms with Gasteiger partial charge in [-0.15, -0.1) is 0 Å². The van der Waals surface area contributed by atoms with Crippen LogP contribution in [0.4, 0.5) is 0 Å². The first-order chi connectivity index (χ1) is 8.89. The molecule has 0 heterocycles. The van der Waals surface area contributed by atoms with Gasteiger partial charge in [0, 0.05) is 5.25 Å². The summed E-state index contributed by atoms with van der Waals surface area (Å²) in [5, 5.41) is 3.73. The van der Waals surface area contributed by atoms with Gasteiger partial charge >= 0.3 is 5.97 Å². The molecular weight excluding hydrogens is 258 g/mol. The normalized spacial score (nSPS) is 17.6. The minimum absolute atomic E-state index is 0.132. The van der Waals surface area contributed by atoms with E-state index in [9.17, 15) is 4.79 Å². The van der Waals surface area contributed by atoms with Gasteiger partial charge in [0.25, 0.3) is 0 Å². The minimum Gasteiger partial charge on any atom is -0.465 e. The Kier molecular flexibility index (Phi) is 9.54. The van der Waals surface area contributed by atoms with Crippen LogP contribution in [0.1, 0.15) is 54.4 Å². The average Bonchev–Trinajstić information content (AvgIpc) is 2.36. The molecule has 0 rings (SSSR count). The van der Waals surface area contributed by atoms with Crippen molar-refractivity contribution >= 4 is 17.7 Å². The van der Waals surface area contributed by atoms with Crippen molar-refractivity contribution in [3.63, 3.8) is 0 Å². The highest BCUT2D eigenvalue weighted by atomic mass is 32.2. The molecule has 114 valence electrons. The SMILES string of the molecule is CCNC(C)(CC(C)SCC(C)CC)C(=O)OCC. The van der Waals surface area contributed by atoms with Crippen molar-refractivity contribution < 1.29 is 9.53 Å². The summed E-state index contributed by atoms with van der Waals surface area (Å²) in [5.74, 6) is 1.76. The van der Waals surface area contributed by atoms with Crippen LogP contribution < -0.4 is 5.32 Å². The van der Waals surface area contributed by atoms with Gasteiger partial charge in [-0.3, -0.25) is 4.79 Å². The van der Waals surface area contributed by atoms with Gasteiger partial charge in [-0.05, 0) is 38.5 Å². The van der Waals surface area contributed by atoms with E-state index in [0.29, 0.717) is 11.9 Å². The number of hydrogen-bond donors (Lipinski definition) is 1. The Morgan fingerprint density at radius 2 is 1.95 bits per heavy atom. The monoisotopic (exact) mass is 289 g/mol. The van der Waals surface area contributed by atoms with Gasteiger partial charge in [0.05, 0.1) is 6.61 Å². The Hall–Kier alpha value is -0.220. The topological polar surface area (TPSA) is 38.3 Å². The van der Waals surface area contributed by atoms with Crippen molar-refractivity contribution in [2.75, 3.05) is 18.9 Å². The Balaban J connectivity index is 4.43. The largest absolute Gasteiger partial charge is 0.465 e. The zero-order chi connectivity index (χ0) is 14.9. The first-order valence-electron chi connectivity index (χ1n) is 7.43. The lowest BCUT2D eigenvalue weighted by Gasteiger charge is -2.30. The maximum atomic E-state index is 12.1. The van der Waals surface area contributed by atoms with Crippen LogP contribution >= 0.6 is 11.8 Å². The molecule has 0 saturated carbocycles. The smallest absolute Gasteiger partial charge is 0.326 e. The molecule has 0 spiro atoms. The highest BCUT2D eigenvalue weighted by Gasteiger charge is 2.35. The highest BCUT2D eigenvalue weighted by Crippen LogP contribution is 2.25. The Labute approximate surface area is 123 Å². The zero-order valence-corrected chi connectivity index (χ0v) is 14.2. The molecule has 3 nitrogen and oxygen atoms in total. The first-order valence-corrected chi connectivity index (χ1v) is 8.48. The number of rotatable bonds is 10. The van der Waals surface area contributed by atoms with Crippen LogP contribution in [0.5, 0.6) is 0 Å². The quantitative estimate of drug-likeness (QED) is 0.625. The third-order valence-corrected chi connectivity index (χ3v) is 4.85. The van der Waals surface area contributed by atoms with Crippen LogP contribution in [0, 0.1) is 5.92 Å². The van der Waals surface area contributed by atoms with E-state index in [2.05, 4.69) is 26.1 Å². The molecule has 0 aliphatic rings. The van der Waals surface area contributed by atoms with Gasteiger partial charge in [0.15, 0.2) is 0 Å². The predicted molar refractivity (Wildman–Crippen MR) is 84.7 cm³/mol. The highest BCUT2D eigenvalue weighted by molar-refractivity contribution is 7.99. The molecular formula is C15H31NO2S. The van der Waals surface area contributed by atoms with Gasteiger partial charge in [0.1, 0.15) is 5.54 Å². The molecule has 0 fully saturated rings. The molecule has 0 aliphatic heterocycles. The van der Waals surface area contributed by atoms with Gasteiger partial charge in [-0.25, -0.2) is 0 Å². The standard InChI is InChI=1S/C15H31NO2S/c1-7-12(4)11-19-13(5)10-15(6,16-8-2)14(17)18-9-3/h12-13,16H,7-11H2,1-6H3. The first kappa shape index (κ1) is 18.8. The number of ether oxygens (including phenoxy) is 1. The molecule has 4 heteroatoms. The Bertz CT molecular complexity index is 261. The van der Waals surface area contributed by atoms with Crippen LogP contribution in [0.25, 0.3) is 0 Å². The maximum absolute atomic E-state index is 12.1. The Morgan fingerprint density at radius 3 is 2.42 bits per heavy atom. The van der Waals surface area contributed by atoms with E-state index in [-0.39, 0.29) is 5.97 Å². The number of hydrogen-bond acceptors (Lipinski definition) is 4. The third kappa shape index (κ3) is 7.21. The van der Waals surface area contributed by atoms with Crippen LogP contribution in [-0.2, 0) is 9.53 Å². The van der Waals surface area contributed by atoms with Crippen molar-refractivity contribution in [3.8, 4) is 0 Å². The van der Waals surface area contributed by atoms with Crippen LogP contribution in [-0.4, -0.2) is 35.7 Å². The molecule has 0 aromatic rings. The fraction of sp³-hybridized carbons (Fsp3) is 0.933. The van der Waals surface area contributed by atoms with Crippen molar-refractivity contribution in [1.29, 1.82) is 0 Å². The number of carbonyl (C=O) groups excluding carboxylic acids is 1. The van der Waals surface area contributed by atoms with E-state index in [1.54, 1.807) is 0 Å². The summed E-state index contributed by atoms with van der Waals surface area (Å²) in [6, 6.07) is 0. The molecule has 0 bridgehead atoms. The third-order valence-electron chi connectivity index (χ3n) is 3.35. The van der Waals surface area contributed by atoms with E-state index in [4.69, 9.17) is 4.74 Å². The minimum atomic E-state index is -0.563. The van der Waals surface area contributed by atoms with Crippen molar-refractivity contribution in [1.82, 2.24) is 5.32 Å². The van der Waals surface area contributed by atoms with E-state index >= 15 is 0 Å². The molecule has 1 N–H and O–H groups in total. The molecule has 0 saturated heterocycles. The van der Waals surface area contributed by atoms with E-state index in [1.165, 1.54) is 6.42 Å². The second-order valence-electron chi connectivity index (χ2n) is 5.44. The number of nitrogens with one attached hydrogen (secondary N) is 1. The zero-order valence-electron chi connectivity index (χ0n) is 13.4. The number of carbonyl (C=O) groups is 1. The molecule has 0 amide bonds. The van der Waals surface area contributed by atoms with Gasteiger partial charge in [-0.2, -0.15) is 11.8 Å². The number of esters is 1. The lowest BCUT2D eigenvalue weighted by atomic mass is 9.96. The van der Waals surface area contributed by atoms with Crippen LogP contribution in [0.3, 0.4) is 0 Å². The van der Waals surface area contributed by atoms with E-state index in [1.807, 2.05) is 32.5 Å². The fourth-order valence-corrected chi connectivity index (χ4v) is 3.33. The second kappa shape index (κ2) is 9.65. The average molecular weight is 289 g/mol. The number of thioether (sulfide) groups is 1. The molecule has 0 aromatic carbocycles. The van der Waals surface area contributed by atoms with Crippen molar-refractivity contribution in [2.45, 2.75) is 65.2 Å². The summed E-state index contributed by atoms with van der Waals surface area (Å²) < 4.78 is 5.20. The van der Waals surface area contributed by atoms with Gasteiger partial charge < -0.3 is 10.1 Å². The van der Waals surface area contributed by atoms with Crippen molar-refractivity contribution in [2.24, 2.45) is 5.92 Å². The Morgan fingerprint density at radius 1 is 1.32 bits per heavy atom. The maximum Gasteiger partial charge on any atom is 0.326 e. The van der Waals surface area contributed by atoms with Crippen LogP contribution in [0.15, 0.2) is 0 Å². The van der Waals surface area contributed by atoms with Gasteiger partial charge in [0.2, 0.25) is 0 Å². The molecule has 19 heavy (non-hydrogen) atoms. The molecule has 0 aromatic heterocycles. The second-order valence-corrected chi connectivity index (χ2v) is 6.92. The van der Waals surface area contributed by atoms with E-state index in [0.717, 1.165) is 24.6 Å². The molecule has 0 radical (unpaired) electrons. The predicted octanol–water partition coefficient (Wildman–Crippen LogP) is 3.48. The van der Waals surface area contributed by atoms with Gasteiger partial charge in [-0.1, -0.05) is 34.1 Å². The molecule has 3 atom stereocenters. The summed E-state index contributed by atoms with van der Waals surface area (Å²) >= 11 is 1.95. The summed E-state index contributed by atoms with van der Waals surface area (Å²) in [6.45, 7) is 13.7. The summed E-state index contributed by atoms with van der Waals surface area (Å²) in [4.78, 5) is 12.1. The fourth-order valence-electron chi connectivity index (χ4n) is 1.99. The lowest BCUT2D eigenvalue weighted by Crippen LogP contribution is -2.51. The summed E-state index contributed by atoms with van der Waals surface area (Å²) in [7, 11) is 0. The van der Waals surface area contributed by atoms with Crippen molar-refractivity contribution in [3.05, 3.63) is 0 Å². The van der Waals surface area contributed by atoms with Crippen LogP contribution in [0.2, 0.25) is 0 Å². The lowest BCUT2D eigenvalue weighted by molar-refractivity contribution is -0.150. The summed E-state index contributed by atoms with van der Waals surface area (Å²) in [6.07, 6.45) is 2.02. The molecule has 0 aliphatic carbocycles. The van der Waals surface area contributed by atoms with E-state index < -0.39 is 5.54 Å². The number of likely N-dealkylation sites (N-methyl/N-ethyl adjacent to an activating group) is 1. The molecule has 3 unspecified atom stereocenters. The summed E-state index contributed by atoms with van der Waals surface area (Å²) in [5.41, 5.74) is -0.563.